The number of carboxylic acid groups (broad SMARTS) is 1. The van der Waals surface area contributed by atoms with Gasteiger partial charge in [-0.2, -0.15) is 0 Å². The molecule has 0 radical (unpaired) electrons. The lowest BCUT2D eigenvalue weighted by Gasteiger charge is -2.28. The van der Waals surface area contributed by atoms with Gasteiger partial charge in [-0.25, -0.2) is 30.4 Å². The van der Waals surface area contributed by atoms with E-state index in [1.807, 2.05) is 13.0 Å². The molecule has 2 aromatic heterocycles. The van der Waals surface area contributed by atoms with E-state index in [0.717, 1.165) is 49.9 Å². The maximum Gasteiger partial charge on any atom is 0.340 e. The number of hydrogen-bond acceptors (Lipinski definition) is 10. The first kappa shape index (κ1) is 44.4. The number of rotatable bonds is 6. The van der Waals surface area contributed by atoms with Gasteiger partial charge in [0.05, 0.1) is 29.4 Å². The van der Waals surface area contributed by atoms with Gasteiger partial charge in [0, 0.05) is 78.3 Å². The Hall–Kier alpha value is -5.82. The number of nitrogens with one attached hydrogen (secondary N) is 1. The molecule has 0 aliphatic carbocycles. The minimum Gasteiger partial charge on any atom is -0.478 e. The molecular weight excluding hydrogens is 881 g/mol. The Labute approximate surface area is 375 Å². The second-order valence-electron chi connectivity index (χ2n) is 17.3. The van der Waals surface area contributed by atoms with Crippen molar-refractivity contribution in [3.05, 3.63) is 107 Å². The van der Waals surface area contributed by atoms with E-state index in [1.54, 1.807) is 37.4 Å². The summed E-state index contributed by atoms with van der Waals surface area (Å²) < 4.78 is 92.9. The van der Waals surface area contributed by atoms with Crippen LogP contribution in [-0.4, -0.2) is 101 Å². The smallest absolute Gasteiger partial charge is 0.340 e. The normalized spacial score (nSPS) is 21.2. The fourth-order valence-corrected chi connectivity index (χ4v) is 12.2. The first-order valence-corrected chi connectivity index (χ1v) is 25.2. The van der Waals surface area contributed by atoms with E-state index in [-0.39, 0.29) is 52.8 Å². The molecule has 18 heteroatoms. The average molecular weight is 930 g/mol. The van der Waals surface area contributed by atoms with Crippen LogP contribution in [0.3, 0.4) is 0 Å². The first-order valence-electron chi connectivity index (χ1n) is 21.5. The molecule has 4 atom stereocenters. The maximum absolute atomic E-state index is 13.5. The Morgan fingerprint density at radius 2 is 1.06 bits per heavy atom. The number of carbonyl (C=O) groups is 2. The Balaban J connectivity index is 0.000000164. The minimum absolute atomic E-state index is 0.0188. The maximum atomic E-state index is 13.5. The van der Waals surface area contributed by atoms with Crippen molar-refractivity contribution < 1.29 is 49.1 Å². The summed E-state index contributed by atoms with van der Waals surface area (Å²) in [4.78, 5) is 29.8. The van der Waals surface area contributed by atoms with Crippen molar-refractivity contribution in [2.24, 2.45) is 0 Å². The van der Waals surface area contributed by atoms with E-state index in [0.29, 0.717) is 63.3 Å². The van der Waals surface area contributed by atoms with Gasteiger partial charge in [0.2, 0.25) is 20.0 Å². The third kappa shape index (κ3) is 7.93. The number of furan rings is 2. The van der Waals surface area contributed by atoms with Crippen LogP contribution in [-0.2, 0) is 20.0 Å². The van der Waals surface area contributed by atoms with Gasteiger partial charge in [-0.1, -0.05) is 0 Å². The number of benzene rings is 4. The summed E-state index contributed by atoms with van der Waals surface area (Å²) in [6.45, 7) is 6.59. The number of nitrogens with zero attached hydrogens (tertiary/aromatic N) is 4. The van der Waals surface area contributed by atoms with E-state index in [2.05, 4.69) is 22.0 Å². The molecular formula is C47H49F2N5O9S2. The number of sulfonamides is 2. The fraction of sp³-hybridized carbons (Fsp3) is 0.362. The number of hydrogen-bond donors (Lipinski definition) is 2. The zero-order valence-corrected chi connectivity index (χ0v) is 38.1. The van der Waals surface area contributed by atoms with Crippen LogP contribution < -0.4 is 13.9 Å². The molecule has 10 rings (SSSR count). The highest BCUT2D eigenvalue weighted by atomic mass is 32.2. The molecule has 0 bridgehead atoms. The van der Waals surface area contributed by atoms with Crippen molar-refractivity contribution in [2.75, 3.05) is 54.3 Å². The van der Waals surface area contributed by atoms with E-state index in [1.165, 1.54) is 57.5 Å². The molecule has 4 aromatic carbocycles. The topological polar surface area (TPSA) is 174 Å². The number of fused-ring (bicyclic) bond motifs is 6. The second-order valence-corrected chi connectivity index (χ2v) is 21.1. The second kappa shape index (κ2) is 16.6. The summed E-state index contributed by atoms with van der Waals surface area (Å²) in [6.07, 6.45) is 6.27. The van der Waals surface area contributed by atoms with Crippen LogP contribution in [0, 0.1) is 11.6 Å². The van der Waals surface area contributed by atoms with Crippen LogP contribution in [0.1, 0.15) is 83.5 Å². The number of halogens is 2. The number of anilines is 2. The summed E-state index contributed by atoms with van der Waals surface area (Å²) in [6, 6.07) is 18.3. The van der Waals surface area contributed by atoms with Crippen LogP contribution in [0.25, 0.3) is 44.6 Å². The predicted octanol–water partition coefficient (Wildman–Crippen LogP) is 8.15. The van der Waals surface area contributed by atoms with Gasteiger partial charge in [0.1, 0.15) is 39.9 Å². The number of carbonyl (C=O) groups excluding carboxylic acids is 1. The number of carboxylic acids is 1. The SMILES string of the molecule is CC1c2cc3c(C(=O)O)c(-c4ccc(F)cc4)oc3cc2N(S(C)(=O)=O)C[C@@H]2CCCN12.CNC(=O)c1c(-c2ccc(F)cc2)oc2cc3c(cc12)C(C)N1CCC[C@H]1CN3S(C)(=O)=O. The Bertz CT molecular complexity index is 3100. The van der Waals surface area contributed by atoms with Gasteiger partial charge in [0.15, 0.2) is 0 Å². The van der Waals surface area contributed by atoms with Crippen molar-refractivity contribution in [1.29, 1.82) is 0 Å². The highest BCUT2D eigenvalue weighted by Gasteiger charge is 2.41. The van der Waals surface area contributed by atoms with Crippen LogP contribution in [0.5, 0.6) is 0 Å². The van der Waals surface area contributed by atoms with Crippen molar-refractivity contribution in [3.8, 4) is 22.6 Å². The molecule has 4 aliphatic rings. The molecule has 6 heterocycles. The van der Waals surface area contributed by atoms with Gasteiger partial charge >= 0.3 is 5.97 Å². The van der Waals surface area contributed by atoms with E-state index in [9.17, 15) is 40.3 Å². The lowest BCUT2D eigenvalue weighted by Crippen LogP contribution is -2.40. The van der Waals surface area contributed by atoms with Crippen LogP contribution in [0.15, 0.2) is 81.6 Å². The van der Waals surface area contributed by atoms with Gasteiger partial charge in [0.25, 0.3) is 5.91 Å². The molecule has 2 saturated heterocycles. The first-order chi connectivity index (χ1) is 30.8. The molecule has 0 spiro atoms. The van der Waals surface area contributed by atoms with Gasteiger partial charge in [-0.3, -0.25) is 23.2 Å². The summed E-state index contributed by atoms with van der Waals surface area (Å²) in [5, 5.41) is 13.6. The molecule has 2 fully saturated rings. The summed E-state index contributed by atoms with van der Waals surface area (Å²) in [5.41, 5.74) is 4.70. The van der Waals surface area contributed by atoms with Gasteiger partial charge < -0.3 is 19.3 Å². The molecule has 4 aliphatic heterocycles. The highest BCUT2D eigenvalue weighted by Crippen LogP contribution is 2.46. The number of amides is 1. The van der Waals surface area contributed by atoms with Crippen LogP contribution >= 0.6 is 0 Å². The molecule has 342 valence electrons. The van der Waals surface area contributed by atoms with Gasteiger partial charge in [-0.15, -0.1) is 0 Å². The molecule has 2 unspecified atom stereocenters. The van der Waals surface area contributed by atoms with Crippen LogP contribution in [0.2, 0.25) is 0 Å². The third-order valence-corrected chi connectivity index (χ3v) is 15.7. The molecule has 6 aromatic rings. The van der Waals surface area contributed by atoms with Gasteiger partial charge in [-0.05, 0) is 124 Å². The van der Waals surface area contributed by atoms with E-state index < -0.39 is 31.8 Å². The largest absolute Gasteiger partial charge is 0.478 e. The van der Waals surface area contributed by atoms with E-state index in [4.69, 9.17) is 8.83 Å². The number of aromatic carboxylic acids is 1. The lowest BCUT2D eigenvalue weighted by molar-refractivity contribution is 0.0698. The Morgan fingerprint density at radius 1 is 0.662 bits per heavy atom. The standard InChI is InChI=1S/C24H26FN3O4S.C23H23FN2O5S/c1-14-18-11-19-21(12-20(18)28(33(3,30)31)13-17-5-4-10-27(14)17)32-23(22(19)24(29)26-2)15-6-8-16(25)9-7-15;1-13-17-10-18-20(31-22(21(18)23(27)28)14-5-7-15(24)8-6-14)11-19(17)26(32(2,29)30)12-16-4-3-9-25(13)16/h6-9,11-12,14,17H,4-5,10,13H2,1-3H3,(H,26,29);5-8,10-11,13,16H,3-4,9,12H2,1-2H3,(H,27,28)/t14?,17-;13?,16-/m00/s1. The van der Waals surface area contributed by atoms with Crippen molar-refractivity contribution in [1.82, 2.24) is 15.1 Å². The van der Waals surface area contributed by atoms with Crippen LogP contribution in [0.4, 0.5) is 20.2 Å². The minimum atomic E-state index is -3.56. The monoisotopic (exact) mass is 929 g/mol. The molecule has 0 saturated carbocycles. The molecule has 65 heavy (non-hydrogen) atoms. The Kier molecular flexibility index (Phi) is 11.3. The third-order valence-electron chi connectivity index (χ3n) is 13.4. The summed E-state index contributed by atoms with van der Waals surface area (Å²) >= 11 is 0. The lowest BCUT2D eigenvalue weighted by atomic mass is 9.99. The van der Waals surface area contributed by atoms with Crippen molar-refractivity contribution in [2.45, 2.75) is 63.7 Å². The fourth-order valence-electron chi connectivity index (χ4n) is 10.3. The quantitative estimate of drug-likeness (QED) is 0.165. The molecule has 1 amide bonds. The zero-order valence-electron chi connectivity index (χ0n) is 36.5. The summed E-state index contributed by atoms with van der Waals surface area (Å²) in [5.74, 6) is -1.88. The molecule has 2 N–H and O–H groups in total. The highest BCUT2D eigenvalue weighted by molar-refractivity contribution is 7.92. The zero-order chi connectivity index (χ0) is 46.3. The molecule has 14 nitrogen and oxygen atoms in total. The predicted molar refractivity (Wildman–Crippen MR) is 244 cm³/mol. The Morgan fingerprint density at radius 3 is 1.45 bits per heavy atom. The summed E-state index contributed by atoms with van der Waals surface area (Å²) in [7, 11) is -5.55. The average Bonchev–Trinajstić information content (AvgIpc) is 4.06. The van der Waals surface area contributed by atoms with E-state index >= 15 is 0 Å². The van der Waals surface area contributed by atoms with Crippen molar-refractivity contribution >= 4 is 65.2 Å². The van der Waals surface area contributed by atoms with Crippen molar-refractivity contribution in [3.63, 3.8) is 0 Å².